The van der Waals surface area contributed by atoms with Gasteiger partial charge in [0.1, 0.15) is 23.1 Å². The molecule has 0 aliphatic carbocycles. The van der Waals surface area contributed by atoms with Crippen LogP contribution >= 0.6 is 23.2 Å². The molecule has 0 bridgehead atoms. The number of amides is 1. The Kier molecular flexibility index (Phi) is 6.39. The molecule has 1 aliphatic heterocycles. The van der Waals surface area contributed by atoms with Crippen molar-refractivity contribution in [3.05, 3.63) is 100 Å². The minimum absolute atomic E-state index is 0.269. The Morgan fingerprint density at radius 3 is 2.59 bits per heavy atom. The van der Waals surface area contributed by atoms with E-state index < -0.39 is 0 Å². The zero-order chi connectivity index (χ0) is 23.5. The summed E-state index contributed by atoms with van der Waals surface area (Å²) in [5, 5.41) is 3.99. The fraction of sp³-hybridized carbons (Fsp3) is 0.111. The van der Waals surface area contributed by atoms with E-state index in [1.165, 1.54) is 0 Å². The van der Waals surface area contributed by atoms with Crippen LogP contribution in [-0.2, 0) is 6.42 Å². The summed E-state index contributed by atoms with van der Waals surface area (Å²) in [6.45, 7) is 0.691. The fourth-order valence-electron chi connectivity index (χ4n) is 3.73. The maximum atomic E-state index is 12.7. The number of pyridine rings is 1. The van der Waals surface area contributed by atoms with Crippen LogP contribution in [0.4, 0.5) is 5.82 Å². The summed E-state index contributed by atoms with van der Waals surface area (Å²) in [7, 11) is 0. The molecule has 0 saturated heterocycles. The van der Waals surface area contributed by atoms with Crippen LogP contribution < -0.4 is 14.8 Å². The second-order valence-electron chi connectivity index (χ2n) is 7.87. The molecule has 7 heteroatoms. The number of hydrogen-bond donors (Lipinski definition) is 1. The SMILES string of the molecule is O=C(Nc1ccc(-c2cccc(Cl)c2)cn1)c1ccc(Oc2cc3c(cc2Cl)CCCO3)cc1. The number of nitrogens with one attached hydrogen (secondary N) is 1. The second kappa shape index (κ2) is 9.75. The molecule has 0 unspecified atom stereocenters. The summed E-state index contributed by atoms with van der Waals surface area (Å²) < 4.78 is 11.6. The van der Waals surface area contributed by atoms with Crippen LogP contribution in [0.1, 0.15) is 22.3 Å². The Morgan fingerprint density at radius 1 is 0.971 bits per heavy atom. The topological polar surface area (TPSA) is 60.5 Å². The first-order chi connectivity index (χ1) is 16.5. The minimum Gasteiger partial charge on any atom is -0.493 e. The average molecular weight is 491 g/mol. The predicted octanol–water partition coefficient (Wildman–Crippen LogP) is 7.43. The lowest BCUT2D eigenvalue weighted by Gasteiger charge is -2.19. The van der Waals surface area contributed by atoms with Gasteiger partial charge in [-0.1, -0.05) is 35.3 Å². The fourth-order valence-corrected chi connectivity index (χ4v) is 4.14. The van der Waals surface area contributed by atoms with Crippen molar-refractivity contribution >= 4 is 34.9 Å². The zero-order valence-corrected chi connectivity index (χ0v) is 19.6. The van der Waals surface area contributed by atoms with Gasteiger partial charge in [0, 0.05) is 28.4 Å². The monoisotopic (exact) mass is 490 g/mol. The van der Waals surface area contributed by atoms with Crippen LogP contribution in [0, 0.1) is 0 Å². The smallest absolute Gasteiger partial charge is 0.256 e. The van der Waals surface area contributed by atoms with E-state index in [1.807, 2.05) is 42.5 Å². The number of halogens is 2. The van der Waals surface area contributed by atoms with Crippen molar-refractivity contribution in [2.45, 2.75) is 12.8 Å². The van der Waals surface area contributed by atoms with Gasteiger partial charge in [0.25, 0.3) is 5.91 Å². The molecule has 1 aromatic heterocycles. The molecule has 34 heavy (non-hydrogen) atoms. The molecule has 5 rings (SSSR count). The van der Waals surface area contributed by atoms with Gasteiger partial charge in [-0.3, -0.25) is 4.79 Å². The van der Waals surface area contributed by atoms with Gasteiger partial charge in [0.05, 0.1) is 11.6 Å². The van der Waals surface area contributed by atoms with Crippen molar-refractivity contribution < 1.29 is 14.3 Å². The Balaban J connectivity index is 1.24. The number of ether oxygens (including phenoxy) is 2. The first kappa shape index (κ1) is 22.3. The highest BCUT2D eigenvalue weighted by Gasteiger charge is 2.15. The maximum absolute atomic E-state index is 12.7. The van der Waals surface area contributed by atoms with Gasteiger partial charge in [0.15, 0.2) is 0 Å². The van der Waals surface area contributed by atoms with Crippen molar-refractivity contribution in [1.82, 2.24) is 4.98 Å². The highest BCUT2D eigenvalue weighted by molar-refractivity contribution is 6.32. The van der Waals surface area contributed by atoms with E-state index in [9.17, 15) is 4.79 Å². The van der Waals surface area contributed by atoms with Crippen molar-refractivity contribution in [1.29, 1.82) is 0 Å². The van der Waals surface area contributed by atoms with Crippen molar-refractivity contribution in [2.75, 3.05) is 11.9 Å². The molecule has 1 N–H and O–H groups in total. The Bertz CT molecular complexity index is 1340. The molecule has 0 saturated carbocycles. The van der Waals surface area contributed by atoms with Crippen molar-refractivity contribution in [3.8, 4) is 28.4 Å². The first-order valence-corrected chi connectivity index (χ1v) is 11.6. The average Bonchev–Trinajstić information content (AvgIpc) is 2.85. The van der Waals surface area contributed by atoms with Gasteiger partial charge in [-0.15, -0.1) is 0 Å². The quantitative estimate of drug-likeness (QED) is 0.316. The maximum Gasteiger partial charge on any atom is 0.256 e. The third kappa shape index (κ3) is 5.01. The lowest BCUT2D eigenvalue weighted by Crippen LogP contribution is -2.12. The molecule has 170 valence electrons. The van der Waals surface area contributed by atoms with Crippen LogP contribution in [0.5, 0.6) is 17.2 Å². The highest BCUT2D eigenvalue weighted by atomic mass is 35.5. The Labute approximate surface area is 207 Å². The largest absolute Gasteiger partial charge is 0.493 e. The molecule has 0 radical (unpaired) electrons. The molecule has 0 spiro atoms. The van der Waals surface area contributed by atoms with Crippen LogP contribution in [0.2, 0.25) is 10.0 Å². The number of nitrogens with zero attached hydrogens (tertiary/aromatic N) is 1. The molecular formula is C27H20Cl2N2O3. The van der Waals surface area contributed by atoms with E-state index in [0.717, 1.165) is 35.3 Å². The van der Waals surface area contributed by atoms with Crippen LogP contribution in [-0.4, -0.2) is 17.5 Å². The predicted molar refractivity (Wildman–Crippen MR) is 134 cm³/mol. The van der Waals surface area contributed by atoms with Crippen LogP contribution in [0.3, 0.4) is 0 Å². The van der Waals surface area contributed by atoms with Gasteiger partial charge in [-0.2, -0.15) is 0 Å². The number of carbonyl (C=O) groups excluding carboxylic acids is 1. The molecule has 2 heterocycles. The lowest BCUT2D eigenvalue weighted by atomic mass is 10.1. The molecule has 0 fully saturated rings. The summed E-state index contributed by atoms with van der Waals surface area (Å²) in [5.74, 6) is 2.07. The number of rotatable bonds is 5. The standard InChI is InChI=1S/C27H20Cl2N2O3/c28-21-5-1-3-18(13-21)20-8-11-26(30-16-20)31-27(32)17-6-9-22(10-7-17)34-25-15-24-19(14-23(25)29)4-2-12-33-24/h1,3,5-11,13-16H,2,4,12H2,(H,30,31,32). The van der Waals surface area contributed by atoms with Crippen molar-refractivity contribution in [2.24, 2.45) is 0 Å². The normalized spacial score (nSPS) is 12.4. The van der Waals surface area contributed by atoms with Crippen LogP contribution in [0.25, 0.3) is 11.1 Å². The zero-order valence-electron chi connectivity index (χ0n) is 18.1. The van der Waals surface area contributed by atoms with E-state index in [-0.39, 0.29) is 5.91 Å². The van der Waals surface area contributed by atoms with Crippen molar-refractivity contribution in [3.63, 3.8) is 0 Å². The summed E-state index contributed by atoms with van der Waals surface area (Å²) in [6, 6.07) is 21.7. The molecule has 5 nitrogen and oxygen atoms in total. The van der Waals surface area contributed by atoms with E-state index in [4.69, 9.17) is 32.7 Å². The number of aromatic nitrogens is 1. The molecular weight excluding hydrogens is 471 g/mol. The Morgan fingerprint density at radius 2 is 1.82 bits per heavy atom. The second-order valence-corrected chi connectivity index (χ2v) is 8.71. The van der Waals surface area contributed by atoms with Gasteiger partial charge in [-0.25, -0.2) is 4.98 Å². The van der Waals surface area contributed by atoms with E-state index in [2.05, 4.69) is 10.3 Å². The lowest BCUT2D eigenvalue weighted by molar-refractivity contribution is 0.102. The summed E-state index contributed by atoms with van der Waals surface area (Å²) in [6.07, 6.45) is 3.62. The number of anilines is 1. The summed E-state index contributed by atoms with van der Waals surface area (Å²) in [5.41, 5.74) is 3.44. The van der Waals surface area contributed by atoms with Gasteiger partial charge >= 0.3 is 0 Å². The third-order valence-corrected chi connectivity index (χ3v) is 6.00. The van der Waals surface area contributed by atoms with E-state index in [1.54, 1.807) is 36.5 Å². The number of aryl methyl sites for hydroxylation is 1. The summed E-state index contributed by atoms with van der Waals surface area (Å²) in [4.78, 5) is 17.0. The molecule has 1 amide bonds. The number of fused-ring (bicyclic) bond motifs is 1. The summed E-state index contributed by atoms with van der Waals surface area (Å²) >= 11 is 12.4. The Hall–Kier alpha value is -3.54. The molecule has 0 atom stereocenters. The highest BCUT2D eigenvalue weighted by Crippen LogP contribution is 2.37. The minimum atomic E-state index is -0.269. The first-order valence-electron chi connectivity index (χ1n) is 10.8. The molecule has 1 aliphatic rings. The van der Waals surface area contributed by atoms with Gasteiger partial charge in [-0.05, 0) is 78.6 Å². The number of hydrogen-bond acceptors (Lipinski definition) is 4. The van der Waals surface area contributed by atoms with Gasteiger partial charge in [0.2, 0.25) is 0 Å². The number of carbonyl (C=O) groups is 1. The molecule has 3 aromatic carbocycles. The van der Waals surface area contributed by atoms with E-state index >= 15 is 0 Å². The van der Waals surface area contributed by atoms with E-state index in [0.29, 0.717) is 39.5 Å². The van der Waals surface area contributed by atoms with Crippen LogP contribution in [0.15, 0.2) is 79.0 Å². The molecule has 4 aromatic rings. The number of benzene rings is 3. The van der Waals surface area contributed by atoms with Gasteiger partial charge < -0.3 is 14.8 Å². The third-order valence-electron chi connectivity index (χ3n) is 5.47.